The number of rotatable bonds is 4. The van der Waals surface area contributed by atoms with Crippen molar-refractivity contribution >= 4 is 17.0 Å². The molecule has 1 aromatic carbocycles. The number of benzene rings is 1. The van der Waals surface area contributed by atoms with E-state index in [4.69, 9.17) is 0 Å². The summed E-state index contributed by atoms with van der Waals surface area (Å²) in [5.41, 5.74) is 2.16. The van der Waals surface area contributed by atoms with Crippen LogP contribution in [0.3, 0.4) is 0 Å². The third-order valence-corrected chi connectivity index (χ3v) is 4.37. The van der Waals surface area contributed by atoms with Crippen LogP contribution in [0.15, 0.2) is 24.3 Å². The predicted molar refractivity (Wildman–Crippen MR) is 80.4 cm³/mol. The van der Waals surface area contributed by atoms with E-state index in [2.05, 4.69) is 34.3 Å². The van der Waals surface area contributed by atoms with Gasteiger partial charge in [-0.25, -0.2) is 4.98 Å². The number of imidazole rings is 1. The molecule has 1 atom stereocenters. The average Bonchev–Trinajstić information content (AvgIpc) is 2.88. The molecule has 0 radical (unpaired) electrons. The number of hydrogen-bond acceptors (Lipinski definition) is 2. The van der Waals surface area contributed by atoms with Crippen molar-refractivity contribution in [1.82, 2.24) is 9.97 Å². The summed E-state index contributed by atoms with van der Waals surface area (Å²) in [5, 5.41) is 3.62. The van der Waals surface area contributed by atoms with Crippen LogP contribution in [0.2, 0.25) is 0 Å². The summed E-state index contributed by atoms with van der Waals surface area (Å²) in [7, 11) is 0. The second-order valence-electron chi connectivity index (χ2n) is 5.66. The van der Waals surface area contributed by atoms with E-state index in [1.54, 1.807) is 0 Å². The number of nitrogens with zero attached hydrogens (tertiary/aromatic N) is 1. The number of hydrogen-bond donors (Lipinski definition) is 2. The Morgan fingerprint density at radius 2 is 2.05 bits per heavy atom. The zero-order valence-corrected chi connectivity index (χ0v) is 11.7. The highest BCUT2D eigenvalue weighted by atomic mass is 15.1. The largest absolute Gasteiger partial charge is 0.353 e. The van der Waals surface area contributed by atoms with Crippen molar-refractivity contribution in [1.29, 1.82) is 0 Å². The number of H-pyrrole nitrogens is 1. The first-order valence-electron chi connectivity index (χ1n) is 7.58. The number of aromatic nitrogens is 2. The van der Waals surface area contributed by atoms with Crippen molar-refractivity contribution in [2.75, 3.05) is 5.32 Å². The monoisotopic (exact) mass is 257 g/mol. The van der Waals surface area contributed by atoms with E-state index in [1.807, 2.05) is 12.1 Å². The highest BCUT2D eigenvalue weighted by Gasteiger charge is 2.22. The van der Waals surface area contributed by atoms with Crippen LogP contribution in [0.4, 0.5) is 5.95 Å². The summed E-state index contributed by atoms with van der Waals surface area (Å²) in [6, 6.07) is 8.77. The van der Waals surface area contributed by atoms with Crippen LogP contribution in [0, 0.1) is 5.92 Å². The molecule has 2 N–H and O–H groups in total. The molecule has 0 amide bonds. The van der Waals surface area contributed by atoms with Crippen LogP contribution in [0.5, 0.6) is 0 Å². The van der Waals surface area contributed by atoms with Crippen molar-refractivity contribution in [2.45, 2.75) is 51.5 Å². The fraction of sp³-hybridized carbons (Fsp3) is 0.562. The van der Waals surface area contributed by atoms with E-state index in [0.29, 0.717) is 6.04 Å². The molecule has 3 rings (SSSR count). The second-order valence-corrected chi connectivity index (χ2v) is 5.66. The summed E-state index contributed by atoms with van der Waals surface area (Å²) < 4.78 is 0. The smallest absolute Gasteiger partial charge is 0.201 e. The maximum atomic E-state index is 4.63. The Labute approximate surface area is 114 Å². The summed E-state index contributed by atoms with van der Waals surface area (Å²) in [6.07, 6.45) is 8.10. The fourth-order valence-electron chi connectivity index (χ4n) is 3.29. The molecule has 0 spiro atoms. The van der Waals surface area contributed by atoms with Gasteiger partial charge in [-0.3, -0.25) is 0 Å². The number of para-hydroxylation sites is 2. The minimum atomic E-state index is 0.556. The maximum absolute atomic E-state index is 4.63. The summed E-state index contributed by atoms with van der Waals surface area (Å²) in [5.74, 6) is 1.74. The maximum Gasteiger partial charge on any atom is 0.201 e. The summed E-state index contributed by atoms with van der Waals surface area (Å²) >= 11 is 0. The first-order valence-corrected chi connectivity index (χ1v) is 7.58. The van der Waals surface area contributed by atoms with Crippen molar-refractivity contribution < 1.29 is 0 Å². The van der Waals surface area contributed by atoms with E-state index < -0.39 is 0 Å². The summed E-state index contributed by atoms with van der Waals surface area (Å²) in [6.45, 7) is 2.27. The van der Waals surface area contributed by atoms with Gasteiger partial charge in [0.2, 0.25) is 5.95 Å². The van der Waals surface area contributed by atoms with E-state index in [0.717, 1.165) is 22.9 Å². The molecule has 19 heavy (non-hydrogen) atoms. The van der Waals surface area contributed by atoms with Gasteiger partial charge in [0.1, 0.15) is 0 Å². The van der Waals surface area contributed by atoms with Crippen molar-refractivity contribution in [3.8, 4) is 0 Å². The number of nitrogens with one attached hydrogen (secondary N) is 2. The lowest BCUT2D eigenvalue weighted by molar-refractivity contribution is 0.312. The van der Waals surface area contributed by atoms with Gasteiger partial charge in [0, 0.05) is 6.04 Å². The molecule has 1 unspecified atom stereocenters. The fourth-order valence-corrected chi connectivity index (χ4v) is 3.29. The normalized spacial score (nSPS) is 18.6. The summed E-state index contributed by atoms with van der Waals surface area (Å²) in [4.78, 5) is 8.01. The lowest BCUT2D eigenvalue weighted by Gasteiger charge is -2.30. The highest BCUT2D eigenvalue weighted by Crippen LogP contribution is 2.29. The average molecular weight is 257 g/mol. The Hall–Kier alpha value is -1.51. The zero-order valence-electron chi connectivity index (χ0n) is 11.7. The van der Waals surface area contributed by atoms with Gasteiger partial charge in [-0.15, -0.1) is 0 Å². The topological polar surface area (TPSA) is 40.7 Å². The van der Waals surface area contributed by atoms with Gasteiger partial charge in [0.15, 0.2) is 0 Å². The van der Waals surface area contributed by atoms with Crippen LogP contribution in [-0.4, -0.2) is 16.0 Å². The van der Waals surface area contributed by atoms with E-state index in [-0.39, 0.29) is 0 Å². The highest BCUT2D eigenvalue weighted by molar-refractivity contribution is 5.77. The van der Waals surface area contributed by atoms with Gasteiger partial charge >= 0.3 is 0 Å². The third-order valence-electron chi connectivity index (χ3n) is 4.37. The van der Waals surface area contributed by atoms with Gasteiger partial charge in [-0.05, 0) is 37.3 Å². The Kier molecular flexibility index (Phi) is 3.72. The Bertz CT molecular complexity index is 493. The Morgan fingerprint density at radius 3 is 2.79 bits per heavy atom. The molecule has 1 fully saturated rings. The Balaban J connectivity index is 1.74. The second kappa shape index (κ2) is 5.64. The lowest BCUT2D eigenvalue weighted by Crippen LogP contribution is -2.30. The standard InChI is InChI=1S/C16H23N3/c1-2-13(12-8-4-3-5-9-12)17-16-18-14-10-6-7-11-15(14)19-16/h6-7,10-13H,2-5,8-9H2,1H3,(H2,17,18,19). The van der Waals surface area contributed by atoms with E-state index in [9.17, 15) is 0 Å². The minimum Gasteiger partial charge on any atom is -0.353 e. The van der Waals surface area contributed by atoms with Gasteiger partial charge < -0.3 is 10.3 Å². The van der Waals surface area contributed by atoms with Gasteiger partial charge in [-0.1, -0.05) is 38.3 Å². The molecule has 3 nitrogen and oxygen atoms in total. The lowest BCUT2D eigenvalue weighted by atomic mass is 9.83. The molecule has 2 aromatic rings. The van der Waals surface area contributed by atoms with Gasteiger partial charge in [0.25, 0.3) is 0 Å². The molecule has 0 bridgehead atoms. The van der Waals surface area contributed by atoms with Crippen LogP contribution >= 0.6 is 0 Å². The van der Waals surface area contributed by atoms with Crippen molar-refractivity contribution in [3.63, 3.8) is 0 Å². The molecule has 1 aromatic heterocycles. The van der Waals surface area contributed by atoms with Crippen molar-refractivity contribution in [3.05, 3.63) is 24.3 Å². The van der Waals surface area contributed by atoms with Crippen LogP contribution in [0.25, 0.3) is 11.0 Å². The molecular weight excluding hydrogens is 234 g/mol. The minimum absolute atomic E-state index is 0.556. The molecule has 1 heterocycles. The number of anilines is 1. The molecular formula is C16H23N3. The van der Waals surface area contributed by atoms with Crippen LogP contribution < -0.4 is 5.32 Å². The number of aromatic amines is 1. The first kappa shape index (κ1) is 12.5. The molecule has 3 heteroatoms. The Morgan fingerprint density at radius 1 is 1.26 bits per heavy atom. The molecule has 0 aliphatic heterocycles. The third kappa shape index (κ3) is 2.75. The number of fused-ring (bicyclic) bond motifs is 1. The van der Waals surface area contributed by atoms with E-state index in [1.165, 1.54) is 38.5 Å². The van der Waals surface area contributed by atoms with Crippen LogP contribution in [0.1, 0.15) is 45.4 Å². The molecule has 1 aliphatic rings. The molecule has 1 saturated carbocycles. The molecule has 1 aliphatic carbocycles. The quantitative estimate of drug-likeness (QED) is 0.855. The predicted octanol–water partition coefficient (Wildman–Crippen LogP) is 4.33. The zero-order chi connectivity index (χ0) is 13.1. The molecule has 0 saturated heterocycles. The van der Waals surface area contributed by atoms with Gasteiger partial charge in [-0.2, -0.15) is 0 Å². The van der Waals surface area contributed by atoms with Crippen molar-refractivity contribution in [2.24, 2.45) is 5.92 Å². The van der Waals surface area contributed by atoms with Crippen LogP contribution in [-0.2, 0) is 0 Å². The van der Waals surface area contributed by atoms with Gasteiger partial charge in [0.05, 0.1) is 11.0 Å². The molecule has 102 valence electrons. The first-order chi connectivity index (χ1) is 9.36. The SMILES string of the molecule is CCC(Nc1nc2ccccc2[nH]1)C1CCCCC1. The van der Waals surface area contributed by atoms with E-state index >= 15 is 0 Å².